The maximum absolute atomic E-state index is 4.22. The highest BCUT2D eigenvalue weighted by Gasteiger charge is 2.29. The number of nitrogens with zero attached hydrogens (tertiary/aromatic N) is 5. The molecule has 1 aliphatic heterocycles. The zero-order valence-corrected chi connectivity index (χ0v) is 8.19. The van der Waals surface area contributed by atoms with Crippen molar-refractivity contribution in [1.29, 1.82) is 0 Å². The van der Waals surface area contributed by atoms with Crippen LogP contribution in [-0.4, -0.2) is 32.8 Å². The Balaban J connectivity index is 1.68. The summed E-state index contributed by atoms with van der Waals surface area (Å²) in [5.41, 5.74) is 0. The van der Waals surface area contributed by atoms with E-state index in [1.54, 1.807) is 12.4 Å². The van der Waals surface area contributed by atoms with Crippen molar-refractivity contribution in [3.05, 3.63) is 36.9 Å². The molecule has 0 saturated carbocycles. The average Bonchev–Trinajstić information content (AvgIpc) is 2.70. The van der Waals surface area contributed by atoms with Gasteiger partial charge in [0.25, 0.3) is 0 Å². The van der Waals surface area contributed by atoms with E-state index in [1.807, 2.05) is 29.2 Å². The van der Waals surface area contributed by atoms with Gasteiger partial charge in [-0.15, -0.1) is 0 Å². The molecule has 3 heterocycles. The van der Waals surface area contributed by atoms with Crippen LogP contribution in [0.3, 0.4) is 0 Å². The van der Waals surface area contributed by atoms with E-state index in [1.165, 1.54) is 0 Å². The van der Waals surface area contributed by atoms with E-state index in [2.05, 4.69) is 20.0 Å². The van der Waals surface area contributed by atoms with Crippen LogP contribution >= 0.6 is 0 Å². The zero-order valence-electron chi connectivity index (χ0n) is 8.19. The molecular formula is C10H11N5. The van der Waals surface area contributed by atoms with Crippen molar-refractivity contribution in [2.75, 3.05) is 18.0 Å². The third-order valence-electron chi connectivity index (χ3n) is 2.60. The van der Waals surface area contributed by atoms with Gasteiger partial charge in [0.15, 0.2) is 0 Å². The average molecular weight is 201 g/mol. The second kappa shape index (κ2) is 3.34. The molecule has 1 saturated heterocycles. The third-order valence-corrected chi connectivity index (χ3v) is 2.60. The van der Waals surface area contributed by atoms with Crippen LogP contribution in [0.25, 0.3) is 0 Å². The van der Waals surface area contributed by atoms with Gasteiger partial charge in [0.05, 0.1) is 6.04 Å². The Kier molecular flexibility index (Phi) is 1.87. The summed E-state index contributed by atoms with van der Waals surface area (Å²) < 4.78 is 1.99. The Morgan fingerprint density at radius 3 is 2.53 bits per heavy atom. The highest BCUT2D eigenvalue weighted by Crippen LogP contribution is 2.23. The second-order valence-corrected chi connectivity index (χ2v) is 3.59. The van der Waals surface area contributed by atoms with Crippen LogP contribution in [0.4, 0.5) is 5.95 Å². The first kappa shape index (κ1) is 8.40. The lowest BCUT2D eigenvalue weighted by molar-refractivity contribution is 0.363. The molecule has 1 aliphatic rings. The molecule has 5 heteroatoms. The Morgan fingerprint density at radius 1 is 1.07 bits per heavy atom. The highest BCUT2D eigenvalue weighted by molar-refractivity contribution is 5.33. The molecule has 0 atom stereocenters. The maximum Gasteiger partial charge on any atom is 0.225 e. The van der Waals surface area contributed by atoms with E-state index in [4.69, 9.17) is 0 Å². The van der Waals surface area contributed by atoms with Crippen molar-refractivity contribution in [3.63, 3.8) is 0 Å². The van der Waals surface area contributed by atoms with Crippen molar-refractivity contribution in [2.24, 2.45) is 0 Å². The summed E-state index contributed by atoms with van der Waals surface area (Å²) >= 11 is 0. The first-order chi connectivity index (χ1) is 7.43. The molecule has 5 nitrogen and oxygen atoms in total. The van der Waals surface area contributed by atoms with E-state index < -0.39 is 0 Å². The molecule has 0 unspecified atom stereocenters. The van der Waals surface area contributed by atoms with Gasteiger partial charge in [0.2, 0.25) is 5.95 Å². The molecule has 3 rings (SSSR count). The van der Waals surface area contributed by atoms with E-state index in [9.17, 15) is 0 Å². The molecule has 0 spiro atoms. The summed E-state index contributed by atoms with van der Waals surface area (Å²) in [5, 5.41) is 4.22. The predicted octanol–water partition coefficient (Wildman–Crippen LogP) is 0.734. The topological polar surface area (TPSA) is 46.8 Å². The van der Waals surface area contributed by atoms with Gasteiger partial charge < -0.3 is 4.90 Å². The van der Waals surface area contributed by atoms with Gasteiger partial charge >= 0.3 is 0 Å². The Hall–Kier alpha value is -1.91. The summed E-state index contributed by atoms with van der Waals surface area (Å²) in [6.07, 6.45) is 7.34. The van der Waals surface area contributed by atoms with Gasteiger partial charge in [0, 0.05) is 37.9 Å². The molecule has 0 amide bonds. The van der Waals surface area contributed by atoms with Crippen molar-refractivity contribution < 1.29 is 0 Å². The molecule has 2 aromatic rings. The second-order valence-electron chi connectivity index (χ2n) is 3.59. The number of hydrogen-bond donors (Lipinski definition) is 0. The van der Waals surface area contributed by atoms with E-state index in [-0.39, 0.29) is 0 Å². The quantitative estimate of drug-likeness (QED) is 0.718. The van der Waals surface area contributed by atoms with Gasteiger partial charge in [-0.3, -0.25) is 4.68 Å². The van der Waals surface area contributed by atoms with Gasteiger partial charge in [0.1, 0.15) is 0 Å². The van der Waals surface area contributed by atoms with Crippen LogP contribution in [-0.2, 0) is 0 Å². The molecule has 0 aromatic carbocycles. The van der Waals surface area contributed by atoms with Crippen molar-refractivity contribution in [2.45, 2.75) is 6.04 Å². The minimum atomic E-state index is 0.462. The maximum atomic E-state index is 4.22. The first-order valence-corrected chi connectivity index (χ1v) is 4.94. The molecule has 0 N–H and O–H groups in total. The third kappa shape index (κ3) is 1.45. The molecule has 2 aromatic heterocycles. The summed E-state index contributed by atoms with van der Waals surface area (Å²) in [6, 6.07) is 4.24. The molecule has 0 radical (unpaired) electrons. The van der Waals surface area contributed by atoms with Gasteiger partial charge in [-0.2, -0.15) is 5.10 Å². The Morgan fingerprint density at radius 2 is 1.87 bits per heavy atom. The Bertz CT molecular complexity index is 418. The summed E-state index contributed by atoms with van der Waals surface area (Å²) in [5.74, 6) is 0.806. The van der Waals surface area contributed by atoms with Gasteiger partial charge in [-0.25, -0.2) is 9.97 Å². The number of anilines is 1. The fraction of sp³-hybridized carbons (Fsp3) is 0.300. The lowest BCUT2D eigenvalue weighted by Crippen LogP contribution is -2.48. The summed E-state index contributed by atoms with van der Waals surface area (Å²) in [6.45, 7) is 1.87. The van der Waals surface area contributed by atoms with Gasteiger partial charge in [-0.1, -0.05) is 0 Å². The smallest absolute Gasteiger partial charge is 0.225 e. The standard InChI is InChI=1S/C10H11N5/c1-3-11-10(12-4-1)14-7-9(8-14)15-6-2-5-13-15/h1-6,9H,7-8H2. The van der Waals surface area contributed by atoms with Crippen molar-refractivity contribution in [3.8, 4) is 0 Å². The van der Waals surface area contributed by atoms with Crippen LogP contribution in [0.1, 0.15) is 6.04 Å². The SMILES string of the molecule is c1cnc(N2CC(n3cccn3)C2)nc1. The molecule has 76 valence electrons. The fourth-order valence-electron chi connectivity index (χ4n) is 1.74. The number of aromatic nitrogens is 4. The fourth-order valence-corrected chi connectivity index (χ4v) is 1.74. The number of hydrogen-bond acceptors (Lipinski definition) is 4. The van der Waals surface area contributed by atoms with Crippen LogP contribution in [0, 0.1) is 0 Å². The lowest BCUT2D eigenvalue weighted by Gasteiger charge is -2.38. The van der Waals surface area contributed by atoms with E-state index in [0.29, 0.717) is 6.04 Å². The Labute approximate surface area is 87.4 Å². The van der Waals surface area contributed by atoms with Crippen LogP contribution in [0.15, 0.2) is 36.9 Å². The molecular weight excluding hydrogens is 190 g/mol. The van der Waals surface area contributed by atoms with Crippen molar-refractivity contribution >= 4 is 5.95 Å². The predicted molar refractivity (Wildman–Crippen MR) is 55.5 cm³/mol. The largest absolute Gasteiger partial charge is 0.336 e. The van der Waals surface area contributed by atoms with Gasteiger partial charge in [-0.05, 0) is 12.1 Å². The molecule has 0 bridgehead atoms. The van der Waals surface area contributed by atoms with Crippen LogP contribution in [0.2, 0.25) is 0 Å². The normalized spacial score (nSPS) is 16.4. The highest BCUT2D eigenvalue weighted by atomic mass is 15.4. The zero-order chi connectivity index (χ0) is 10.1. The lowest BCUT2D eigenvalue weighted by atomic mass is 10.1. The monoisotopic (exact) mass is 201 g/mol. The van der Waals surface area contributed by atoms with Crippen molar-refractivity contribution in [1.82, 2.24) is 19.7 Å². The van der Waals surface area contributed by atoms with E-state index >= 15 is 0 Å². The minimum absolute atomic E-state index is 0.462. The molecule has 1 fully saturated rings. The number of rotatable bonds is 2. The summed E-state index contributed by atoms with van der Waals surface area (Å²) in [4.78, 5) is 10.5. The minimum Gasteiger partial charge on any atom is -0.336 e. The first-order valence-electron chi connectivity index (χ1n) is 4.94. The van der Waals surface area contributed by atoms with Crippen LogP contribution in [0.5, 0.6) is 0 Å². The van der Waals surface area contributed by atoms with Crippen LogP contribution < -0.4 is 4.90 Å². The van der Waals surface area contributed by atoms with E-state index in [0.717, 1.165) is 19.0 Å². The molecule has 15 heavy (non-hydrogen) atoms. The molecule has 0 aliphatic carbocycles. The summed E-state index contributed by atoms with van der Waals surface area (Å²) in [7, 11) is 0.